The van der Waals surface area contributed by atoms with E-state index in [0.717, 1.165) is 16.6 Å². The van der Waals surface area contributed by atoms with Crippen molar-refractivity contribution in [2.45, 2.75) is 17.6 Å². The minimum atomic E-state index is -0.736. The van der Waals surface area contributed by atoms with Gasteiger partial charge < -0.3 is 15.0 Å². The van der Waals surface area contributed by atoms with Gasteiger partial charge in [0.15, 0.2) is 5.16 Å². The third-order valence-electron chi connectivity index (χ3n) is 3.87. The van der Waals surface area contributed by atoms with Gasteiger partial charge in [-0.05, 0) is 23.8 Å². The van der Waals surface area contributed by atoms with Crippen LogP contribution in [0.3, 0.4) is 0 Å². The van der Waals surface area contributed by atoms with Crippen LogP contribution < -0.4 is 5.32 Å². The van der Waals surface area contributed by atoms with Crippen LogP contribution in [0.5, 0.6) is 0 Å². The number of carbonyl (C=O) groups excluding carboxylic acids is 2. The molecular weight excluding hydrogens is 386 g/mol. The summed E-state index contributed by atoms with van der Waals surface area (Å²) in [7, 11) is 1.31. The van der Waals surface area contributed by atoms with Crippen LogP contribution in [0.1, 0.15) is 5.56 Å². The van der Waals surface area contributed by atoms with Gasteiger partial charge in [0.1, 0.15) is 6.04 Å². The molecule has 6 nitrogen and oxygen atoms in total. The van der Waals surface area contributed by atoms with Gasteiger partial charge in [-0.25, -0.2) is 9.78 Å². The number of amides is 1. The second-order valence-electron chi connectivity index (χ2n) is 5.83. The maximum Gasteiger partial charge on any atom is 0.328 e. The molecule has 1 atom stereocenters. The molecule has 0 fully saturated rings. The Labute approximate surface area is 165 Å². The molecule has 0 aliphatic heterocycles. The van der Waals surface area contributed by atoms with Gasteiger partial charge in [-0.15, -0.1) is 0 Å². The molecule has 0 aliphatic rings. The van der Waals surface area contributed by atoms with Crippen LogP contribution in [0.2, 0.25) is 5.02 Å². The van der Waals surface area contributed by atoms with Crippen molar-refractivity contribution in [1.82, 2.24) is 15.3 Å². The van der Waals surface area contributed by atoms with Crippen LogP contribution in [0.15, 0.2) is 53.7 Å². The third kappa shape index (κ3) is 5.24. The van der Waals surface area contributed by atoms with E-state index in [1.807, 2.05) is 36.4 Å². The van der Waals surface area contributed by atoms with E-state index in [-0.39, 0.29) is 11.7 Å². The first-order valence-electron chi connectivity index (χ1n) is 8.24. The number of thioether (sulfide) groups is 1. The highest BCUT2D eigenvalue weighted by Gasteiger charge is 2.22. The molecule has 140 valence electrons. The maximum atomic E-state index is 12.3. The monoisotopic (exact) mass is 403 g/mol. The van der Waals surface area contributed by atoms with E-state index in [2.05, 4.69) is 15.3 Å². The summed E-state index contributed by atoms with van der Waals surface area (Å²) < 4.78 is 4.81. The van der Waals surface area contributed by atoms with Crippen molar-refractivity contribution in [1.29, 1.82) is 0 Å². The molecule has 1 amide bonds. The summed E-state index contributed by atoms with van der Waals surface area (Å²) in [6.07, 6.45) is 0.368. The second kappa shape index (κ2) is 8.92. The van der Waals surface area contributed by atoms with E-state index < -0.39 is 12.0 Å². The quantitative estimate of drug-likeness (QED) is 0.467. The highest BCUT2D eigenvalue weighted by atomic mass is 35.5. The molecule has 0 radical (unpaired) electrons. The number of aromatic amines is 1. The van der Waals surface area contributed by atoms with Crippen molar-refractivity contribution in [2.75, 3.05) is 12.9 Å². The average Bonchev–Trinajstić information content (AvgIpc) is 3.08. The van der Waals surface area contributed by atoms with E-state index >= 15 is 0 Å². The van der Waals surface area contributed by atoms with E-state index in [4.69, 9.17) is 16.3 Å². The Morgan fingerprint density at radius 1 is 1.26 bits per heavy atom. The number of nitrogens with one attached hydrogen (secondary N) is 2. The number of nitrogens with zero attached hydrogens (tertiary/aromatic N) is 1. The molecule has 0 bridgehead atoms. The summed E-state index contributed by atoms with van der Waals surface area (Å²) >= 11 is 7.21. The van der Waals surface area contributed by atoms with Crippen molar-refractivity contribution < 1.29 is 14.3 Å². The van der Waals surface area contributed by atoms with Gasteiger partial charge in [0.2, 0.25) is 5.91 Å². The summed E-state index contributed by atoms with van der Waals surface area (Å²) in [6.45, 7) is 0. The lowest BCUT2D eigenvalue weighted by molar-refractivity contribution is -0.144. The molecule has 8 heteroatoms. The number of benzene rings is 2. The third-order valence-corrected chi connectivity index (χ3v) is 4.97. The number of hydrogen-bond acceptors (Lipinski definition) is 5. The summed E-state index contributed by atoms with van der Waals surface area (Å²) in [5.74, 6) is -0.629. The fraction of sp³-hybridized carbons (Fsp3) is 0.211. The Bertz CT molecular complexity index is 946. The van der Waals surface area contributed by atoms with E-state index in [0.29, 0.717) is 16.6 Å². The fourth-order valence-electron chi connectivity index (χ4n) is 2.58. The minimum Gasteiger partial charge on any atom is -0.467 e. The zero-order chi connectivity index (χ0) is 19.2. The van der Waals surface area contributed by atoms with Gasteiger partial charge in [-0.3, -0.25) is 4.79 Å². The SMILES string of the molecule is COC(=O)[C@@H](Cc1ccccc1)NC(=O)CSc1nc2ccc(Cl)cc2[nH]1. The fourth-order valence-corrected chi connectivity index (χ4v) is 3.45. The van der Waals surface area contributed by atoms with Gasteiger partial charge in [0.25, 0.3) is 0 Å². The molecule has 1 aromatic heterocycles. The van der Waals surface area contributed by atoms with Gasteiger partial charge >= 0.3 is 5.97 Å². The number of aromatic nitrogens is 2. The molecule has 0 aliphatic carbocycles. The first-order valence-corrected chi connectivity index (χ1v) is 9.60. The van der Waals surface area contributed by atoms with Crippen molar-refractivity contribution >= 4 is 46.3 Å². The molecule has 2 N–H and O–H groups in total. The predicted molar refractivity (Wildman–Crippen MR) is 106 cm³/mol. The number of ether oxygens (including phenoxy) is 1. The summed E-state index contributed by atoms with van der Waals surface area (Å²) in [5, 5.41) is 3.96. The molecule has 1 heterocycles. The largest absolute Gasteiger partial charge is 0.467 e. The number of fused-ring (bicyclic) bond motifs is 1. The molecule has 2 aromatic carbocycles. The molecule has 0 unspecified atom stereocenters. The molecule has 3 aromatic rings. The standard InChI is InChI=1S/C19H18ClN3O3S/c1-26-18(25)16(9-12-5-3-2-4-6-12)21-17(24)11-27-19-22-14-8-7-13(20)10-15(14)23-19/h2-8,10,16H,9,11H2,1H3,(H,21,24)(H,22,23)/t16-/m1/s1. The number of halogens is 1. The predicted octanol–water partition coefficient (Wildman–Crippen LogP) is 3.21. The number of rotatable bonds is 7. The Morgan fingerprint density at radius 2 is 2.04 bits per heavy atom. The van der Waals surface area contributed by atoms with Gasteiger partial charge in [-0.1, -0.05) is 53.7 Å². The van der Waals surface area contributed by atoms with Crippen molar-refractivity contribution in [3.8, 4) is 0 Å². The van der Waals surface area contributed by atoms with Crippen LogP contribution in [0, 0.1) is 0 Å². The molecule has 0 saturated carbocycles. The molecular formula is C19H18ClN3O3S. The van der Waals surface area contributed by atoms with Gasteiger partial charge in [0, 0.05) is 11.4 Å². The zero-order valence-corrected chi connectivity index (χ0v) is 16.1. The lowest BCUT2D eigenvalue weighted by Gasteiger charge is -2.16. The summed E-state index contributed by atoms with van der Waals surface area (Å²) in [4.78, 5) is 31.8. The number of carbonyl (C=O) groups is 2. The van der Waals surface area contributed by atoms with Crippen molar-refractivity contribution in [3.63, 3.8) is 0 Å². The minimum absolute atomic E-state index is 0.121. The lowest BCUT2D eigenvalue weighted by Crippen LogP contribution is -2.43. The molecule has 27 heavy (non-hydrogen) atoms. The van der Waals surface area contributed by atoms with Crippen LogP contribution >= 0.6 is 23.4 Å². The first kappa shape index (κ1) is 19.3. The Kier molecular flexibility index (Phi) is 6.36. The Balaban J connectivity index is 1.60. The number of imidazole rings is 1. The summed E-state index contributed by atoms with van der Waals surface area (Å²) in [5.41, 5.74) is 2.52. The molecule has 0 spiro atoms. The van der Waals surface area contributed by atoms with Gasteiger partial charge in [0.05, 0.1) is 23.9 Å². The first-order chi connectivity index (χ1) is 13.0. The van der Waals surface area contributed by atoms with Crippen LogP contribution in [0.25, 0.3) is 11.0 Å². The van der Waals surface area contributed by atoms with Crippen LogP contribution in [0.4, 0.5) is 0 Å². The highest BCUT2D eigenvalue weighted by molar-refractivity contribution is 7.99. The normalized spacial score (nSPS) is 11.9. The van der Waals surface area contributed by atoms with Crippen molar-refractivity contribution in [2.24, 2.45) is 0 Å². The second-order valence-corrected chi connectivity index (χ2v) is 7.23. The topological polar surface area (TPSA) is 84.1 Å². The smallest absolute Gasteiger partial charge is 0.328 e. The average molecular weight is 404 g/mol. The Hall–Kier alpha value is -2.51. The highest BCUT2D eigenvalue weighted by Crippen LogP contribution is 2.22. The lowest BCUT2D eigenvalue weighted by atomic mass is 10.1. The summed E-state index contributed by atoms with van der Waals surface area (Å²) in [6, 6.07) is 14.1. The van der Waals surface area contributed by atoms with Crippen LogP contribution in [-0.4, -0.2) is 40.7 Å². The van der Waals surface area contributed by atoms with Gasteiger partial charge in [-0.2, -0.15) is 0 Å². The number of H-pyrrole nitrogens is 1. The van der Waals surface area contributed by atoms with Crippen molar-refractivity contribution in [3.05, 3.63) is 59.1 Å². The molecule has 3 rings (SSSR count). The molecule has 0 saturated heterocycles. The Morgan fingerprint density at radius 3 is 2.78 bits per heavy atom. The van der Waals surface area contributed by atoms with Crippen LogP contribution in [-0.2, 0) is 20.7 Å². The zero-order valence-electron chi connectivity index (χ0n) is 14.6. The number of esters is 1. The van der Waals surface area contributed by atoms with E-state index in [1.165, 1.54) is 18.9 Å². The van der Waals surface area contributed by atoms with E-state index in [1.54, 1.807) is 12.1 Å². The number of methoxy groups -OCH3 is 1. The van der Waals surface area contributed by atoms with E-state index in [9.17, 15) is 9.59 Å². The maximum absolute atomic E-state index is 12.3. The number of hydrogen-bond donors (Lipinski definition) is 2.